The number of anilines is 1. The van der Waals surface area contributed by atoms with Gasteiger partial charge in [-0.15, -0.1) is 0 Å². The number of nitrogens with two attached hydrogens (primary N) is 1. The second-order valence-corrected chi connectivity index (χ2v) is 3.92. The summed E-state index contributed by atoms with van der Waals surface area (Å²) in [4.78, 5) is 4.23. The van der Waals surface area contributed by atoms with Gasteiger partial charge in [0.2, 0.25) is 0 Å². The van der Waals surface area contributed by atoms with Crippen LogP contribution >= 0.6 is 0 Å². The Bertz CT molecular complexity index is 456. The molecule has 0 radical (unpaired) electrons. The molecule has 1 aromatic heterocycles. The lowest BCUT2D eigenvalue weighted by molar-refractivity contribution is 0.313. The fourth-order valence-corrected chi connectivity index (χ4v) is 1.52. The Hall–Kier alpha value is -2.07. The fraction of sp³-hybridized carbons (Fsp3) is 0.214. The van der Waals surface area contributed by atoms with Crippen molar-refractivity contribution in [2.45, 2.75) is 6.54 Å². The highest BCUT2D eigenvalue weighted by molar-refractivity contribution is 5.41. The van der Waals surface area contributed by atoms with Crippen molar-refractivity contribution in [3.63, 3.8) is 0 Å². The van der Waals surface area contributed by atoms with E-state index < -0.39 is 0 Å². The van der Waals surface area contributed by atoms with Gasteiger partial charge in [-0.05, 0) is 36.4 Å². The van der Waals surface area contributed by atoms with Crippen molar-refractivity contribution in [1.29, 1.82) is 0 Å². The first-order valence-electron chi connectivity index (χ1n) is 5.93. The molecule has 18 heavy (non-hydrogen) atoms. The molecule has 0 saturated carbocycles. The summed E-state index contributed by atoms with van der Waals surface area (Å²) < 4.78 is 5.56. The van der Waals surface area contributed by atoms with E-state index in [1.807, 2.05) is 42.5 Å². The second kappa shape index (κ2) is 6.61. The molecule has 1 aromatic carbocycles. The lowest BCUT2D eigenvalue weighted by Crippen LogP contribution is -2.21. The first-order chi connectivity index (χ1) is 8.84. The number of ether oxygens (including phenoxy) is 1. The summed E-state index contributed by atoms with van der Waals surface area (Å²) >= 11 is 0. The number of hydrogen-bond acceptors (Lipinski definition) is 4. The molecule has 3 N–H and O–H groups in total. The third-order valence-electron chi connectivity index (χ3n) is 2.46. The predicted octanol–water partition coefficient (Wildman–Crippen LogP) is 1.83. The molecular weight excluding hydrogens is 226 g/mol. The van der Waals surface area contributed by atoms with Crippen molar-refractivity contribution in [2.24, 2.45) is 0 Å². The van der Waals surface area contributed by atoms with E-state index in [2.05, 4.69) is 10.3 Å². The third-order valence-corrected chi connectivity index (χ3v) is 2.46. The van der Waals surface area contributed by atoms with E-state index in [4.69, 9.17) is 10.5 Å². The second-order valence-electron chi connectivity index (χ2n) is 3.92. The molecule has 0 unspecified atom stereocenters. The first kappa shape index (κ1) is 12.4. The summed E-state index contributed by atoms with van der Waals surface area (Å²) in [6.45, 7) is 2.16. The zero-order chi connectivity index (χ0) is 12.6. The Labute approximate surface area is 107 Å². The molecule has 0 saturated heterocycles. The Balaban J connectivity index is 1.63. The van der Waals surface area contributed by atoms with Gasteiger partial charge in [0.15, 0.2) is 0 Å². The standard InChI is InChI=1S/C14H17N3O/c15-12-4-6-14(7-5-12)18-10-9-16-11-13-3-1-2-8-17-13/h1-8,16H,9-11,15H2. The van der Waals surface area contributed by atoms with Crippen molar-refractivity contribution in [3.8, 4) is 5.75 Å². The minimum absolute atomic E-state index is 0.622. The highest BCUT2D eigenvalue weighted by Gasteiger charge is 1.94. The Kier molecular flexibility index (Phi) is 4.55. The van der Waals surface area contributed by atoms with E-state index in [1.165, 1.54) is 0 Å². The van der Waals surface area contributed by atoms with Crippen LogP contribution < -0.4 is 15.8 Å². The van der Waals surface area contributed by atoms with Gasteiger partial charge in [-0.2, -0.15) is 0 Å². The van der Waals surface area contributed by atoms with Crippen LogP contribution in [0.25, 0.3) is 0 Å². The third kappa shape index (κ3) is 4.07. The Morgan fingerprint density at radius 1 is 1.11 bits per heavy atom. The van der Waals surface area contributed by atoms with Gasteiger partial charge in [0.25, 0.3) is 0 Å². The smallest absolute Gasteiger partial charge is 0.119 e. The van der Waals surface area contributed by atoms with Crippen LogP contribution in [0.2, 0.25) is 0 Å². The predicted molar refractivity (Wildman–Crippen MR) is 72.3 cm³/mol. The van der Waals surface area contributed by atoms with Gasteiger partial charge < -0.3 is 15.8 Å². The molecule has 0 bridgehead atoms. The minimum Gasteiger partial charge on any atom is -0.492 e. The zero-order valence-electron chi connectivity index (χ0n) is 10.2. The summed E-state index contributed by atoms with van der Waals surface area (Å²) in [5.74, 6) is 0.837. The van der Waals surface area contributed by atoms with Crippen molar-refractivity contribution in [1.82, 2.24) is 10.3 Å². The van der Waals surface area contributed by atoms with E-state index in [0.717, 1.165) is 30.2 Å². The molecule has 2 rings (SSSR count). The molecular formula is C14H17N3O. The number of benzene rings is 1. The quantitative estimate of drug-likeness (QED) is 0.600. The molecule has 0 aliphatic rings. The van der Waals surface area contributed by atoms with E-state index in [9.17, 15) is 0 Å². The van der Waals surface area contributed by atoms with Crippen LogP contribution in [0, 0.1) is 0 Å². The molecule has 0 aliphatic carbocycles. The fourth-order valence-electron chi connectivity index (χ4n) is 1.52. The molecule has 4 heteroatoms. The van der Waals surface area contributed by atoms with E-state index >= 15 is 0 Å². The van der Waals surface area contributed by atoms with E-state index in [-0.39, 0.29) is 0 Å². The summed E-state index contributed by atoms with van der Waals surface area (Å²) in [6.07, 6.45) is 1.79. The number of nitrogens with zero attached hydrogens (tertiary/aromatic N) is 1. The topological polar surface area (TPSA) is 60.2 Å². The van der Waals surface area contributed by atoms with Crippen LogP contribution in [0.1, 0.15) is 5.69 Å². The number of pyridine rings is 1. The Morgan fingerprint density at radius 2 is 1.94 bits per heavy atom. The number of nitrogen functional groups attached to an aromatic ring is 1. The van der Waals surface area contributed by atoms with Gasteiger partial charge in [0.1, 0.15) is 12.4 Å². The first-order valence-corrected chi connectivity index (χ1v) is 5.93. The number of rotatable bonds is 6. The van der Waals surface area contributed by atoms with Crippen molar-refractivity contribution in [2.75, 3.05) is 18.9 Å². The summed E-state index contributed by atoms with van der Waals surface area (Å²) in [5, 5.41) is 3.27. The highest BCUT2D eigenvalue weighted by atomic mass is 16.5. The maximum atomic E-state index is 5.59. The van der Waals surface area contributed by atoms with Crippen LogP contribution in [0.4, 0.5) is 5.69 Å². The number of aromatic nitrogens is 1. The van der Waals surface area contributed by atoms with Crippen LogP contribution in [0.5, 0.6) is 5.75 Å². The van der Waals surface area contributed by atoms with Gasteiger partial charge >= 0.3 is 0 Å². The molecule has 0 spiro atoms. The maximum Gasteiger partial charge on any atom is 0.119 e. The van der Waals surface area contributed by atoms with Crippen molar-refractivity contribution >= 4 is 5.69 Å². The van der Waals surface area contributed by atoms with Crippen LogP contribution in [0.15, 0.2) is 48.7 Å². The zero-order valence-corrected chi connectivity index (χ0v) is 10.2. The van der Waals surface area contributed by atoms with Gasteiger partial charge in [-0.3, -0.25) is 4.98 Å². The van der Waals surface area contributed by atoms with Gasteiger partial charge in [-0.1, -0.05) is 6.07 Å². The SMILES string of the molecule is Nc1ccc(OCCNCc2ccccn2)cc1. The highest BCUT2D eigenvalue weighted by Crippen LogP contribution is 2.12. The van der Waals surface area contributed by atoms with E-state index in [0.29, 0.717) is 6.61 Å². The average molecular weight is 243 g/mol. The van der Waals surface area contributed by atoms with Crippen LogP contribution in [-0.2, 0) is 6.54 Å². The lowest BCUT2D eigenvalue weighted by Gasteiger charge is -2.07. The monoisotopic (exact) mass is 243 g/mol. The van der Waals surface area contributed by atoms with Crippen molar-refractivity contribution < 1.29 is 4.74 Å². The molecule has 94 valence electrons. The maximum absolute atomic E-state index is 5.59. The normalized spacial score (nSPS) is 10.2. The van der Waals surface area contributed by atoms with Gasteiger partial charge in [0, 0.05) is 25.0 Å². The van der Waals surface area contributed by atoms with Crippen LogP contribution in [-0.4, -0.2) is 18.1 Å². The van der Waals surface area contributed by atoms with Gasteiger partial charge in [-0.25, -0.2) is 0 Å². The van der Waals surface area contributed by atoms with Crippen molar-refractivity contribution in [3.05, 3.63) is 54.4 Å². The molecule has 0 fully saturated rings. The lowest BCUT2D eigenvalue weighted by atomic mass is 10.3. The largest absolute Gasteiger partial charge is 0.492 e. The van der Waals surface area contributed by atoms with Gasteiger partial charge in [0.05, 0.1) is 5.69 Å². The number of hydrogen-bond donors (Lipinski definition) is 2. The molecule has 2 aromatic rings. The molecule has 0 atom stereocenters. The average Bonchev–Trinajstić information content (AvgIpc) is 2.42. The molecule has 4 nitrogen and oxygen atoms in total. The van der Waals surface area contributed by atoms with E-state index in [1.54, 1.807) is 6.20 Å². The summed E-state index contributed by atoms with van der Waals surface area (Å²) in [7, 11) is 0. The summed E-state index contributed by atoms with van der Waals surface area (Å²) in [5.41, 5.74) is 7.37. The van der Waals surface area contributed by atoms with Crippen LogP contribution in [0.3, 0.4) is 0 Å². The Morgan fingerprint density at radius 3 is 2.67 bits per heavy atom. The molecule has 1 heterocycles. The minimum atomic E-state index is 0.622. The number of nitrogens with one attached hydrogen (secondary N) is 1. The molecule has 0 amide bonds. The molecule has 0 aliphatic heterocycles. The summed E-state index contributed by atoms with van der Waals surface area (Å²) in [6, 6.07) is 13.3.